The molecular formula is C13H12FN3O2. The molecule has 0 aromatic heterocycles. The zero-order chi connectivity index (χ0) is 13.8. The average molecular weight is 261 g/mol. The molecular weight excluding hydrogens is 249 g/mol. The van der Waals surface area contributed by atoms with Crippen LogP contribution < -0.4 is 11.1 Å². The first-order chi connectivity index (χ1) is 9.13. The molecule has 0 atom stereocenters. The number of nitrogens with one attached hydrogen (secondary N) is 1. The zero-order valence-electron chi connectivity index (χ0n) is 9.93. The van der Waals surface area contributed by atoms with Crippen LogP contribution in [0.25, 0.3) is 10.8 Å². The second-order valence-corrected chi connectivity index (χ2v) is 3.91. The van der Waals surface area contributed by atoms with Gasteiger partial charge in [0.25, 0.3) is 5.91 Å². The van der Waals surface area contributed by atoms with Crippen molar-refractivity contribution in [1.82, 2.24) is 5.32 Å². The van der Waals surface area contributed by atoms with Crippen LogP contribution in [0, 0.1) is 5.82 Å². The predicted molar refractivity (Wildman–Crippen MR) is 69.6 cm³/mol. The van der Waals surface area contributed by atoms with Gasteiger partial charge >= 0.3 is 0 Å². The van der Waals surface area contributed by atoms with E-state index in [0.29, 0.717) is 16.3 Å². The first kappa shape index (κ1) is 12.8. The molecule has 0 saturated heterocycles. The fourth-order valence-corrected chi connectivity index (χ4v) is 1.76. The van der Waals surface area contributed by atoms with Crippen molar-refractivity contribution >= 4 is 22.5 Å². The van der Waals surface area contributed by atoms with E-state index in [1.807, 2.05) is 0 Å². The summed E-state index contributed by atoms with van der Waals surface area (Å²) in [5, 5.41) is 14.5. The highest BCUT2D eigenvalue weighted by atomic mass is 19.1. The molecule has 2 rings (SSSR count). The maximum Gasteiger partial charge on any atom is 0.252 e. The molecule has 0 unspecified atom stereocenters. The number of carbonyl (C=O) groups is 1. The van der Waals surface area contributed by atoms with E-state index < -0.39 is 5.91 Å². The van der Waals surface area contributed by atoms with Crippen molar-refractivity contribution in [1.29, 1.82) is 0 Å². The Labute approximate surface area is 108 Å². The monoisotopic (exact) mass is 261 g/mol. The second kappa shape index (κ2) is 5.34. The fourth-order valence-electron chi connectivity index (χ4n) is 1.76. The van der Waals surface area contributed by atoms with Gasteiger partial charge in [0.1, 0.15) is 5.82 Å². The molecule has 19 heavy (non-hydrogen) atoms. The lowest BCUT2D eigenvalue weighted by atomic mass is 10.0. The van der Waals surface area contributed by atoms with Crippen LogP contribution in [0.1, 0.15) is 10.4 Å². The maximum absolute atomic E-state index is 13.6. The Morgan fingerprint density at radius 3 is 2.63 bits per heavy atom. The van der Waals surface area contributed by atoms with Gasteiger partial charge in [0.15, 0.2) is 5.84 Å². The molecule has 2 aromatic rings. The number of nitrogens with two attached hydrogens (primary N) is 1. The molecule has 98 valence electrons. The van der Waals surface area contributed by atoms with Gasteiger partial charge in [-0.3, -0.25) is 4.79 Å². The quantitative estimate of drug-likeness (QED) is 0.338. The molecule has 0 heterocycles. The van der Waals surface area contributed by atoms with Crippen molar-refractivity contribution in [3.63, 3.8) is 0 Å². The van der Waals surface area contributed by atoms with Gasteiger partial charge in [-0.25, -0.2) is 4.39 Å². The number of benzene rings is 2. The fraction of sp³-hybridized carbons (Fsp3) is 0.0769. The van der Waals surface area contributed by atoms with Gasteiger partial charge in [-0.15, -0.1) is 0 Å². The van der Waals surface area contributed by atoms with Crippen LogP contribution in [0.15, 0.2) is 41.6 Å². The summed E-state index contributed by atoms with van der Waals surface area (Å²) in [5.74, 6) is -0.911. The van der Waals surface area contributed by atoms with Crippen LogP contribution in [0.4, 0.5) is 4.39 Å². The number of hydrogen-bond donors (Lipinski definition) is 3. The van der Waals surface area contributed by atoms with Crippen molar-refractivity contribution in [2.24, 2.45) is 10.9 Å². The molecule has 6 heteroatoms. The standard InChI is InChI=1S/C13H12FN3O2/c14-11-6-5-10(8-3-1-2-4-9(8)11)13(18)16-7-12(15)17-19/h1-6,19H,7H2,(H2,15,17)(H,16,18). The molecule has 5 nitrogen and oxygen atoms in total. The van der Waals surface area contributed by atoms with Crippen LogP contribution in [0.3, 0.4) is 0 Å². The molecule has 2 aromatic carbocycles. The van der Waals surface area contributed by atoms with Gasteiger partial charge in [0, 0.05) is 10.9 Å². The summed E-state index contributed by atoms with van der Waals surface area (Å²) in [6, 6.07) is 9.33. The summed E-state index contributed by atoms with van der Waals surface area (Å²) in [6.45, 7) is -0.0823. The third-order valence-corrected chi connectivity index (χ3v) is 2.67. The SMILES string of the molecule is N/C(CNC(=O)c1ccc(F)c2ccccc12)=N/O. The van der Waals surface area contributed by atoms with Crippen LogP contribution >= 0.6 is 0 Å². The number of amidine groups is 1. The van der Waals surface area contributed by atoms with Gasteiger partial charge in [0.05, 0.1) is 6.54 Å². The topological polar surface area (TPSA) is 87.7 Å². The van der Waals surface area contributed by atoms with Gasteiger partial charge in [-0.05, 0) is 17.5 Å². The number of halogens is 1. The number of fused-ring (bicyclic) bond motifs is 1. The third-order valence-electron chi connectivity index (χ3n) is 2.67. The Morgan fingerprint density at radius 2 is 1.95 bits per heavy atom. The second-order valence-electron chi connectivity index (χ2n) is 3.91. The highest BCUT2D eigenvalue weighted by molar-refractivity contribution is 6.08. The van der Waals surface area contributed by atoms with E-state index in [-0.39, 0.29) is 18.2 Å². The summed E-state index contributed by atoms with van der Waals surface area (Å²) in [6.07, 6.45) is 0. The van der Waals surface area contributed by atoms with Gasteiger partial charge < -0.3 is 16.3 Å². The zero-order valence-corrected chi connectivity index (χ0v) is 9.93. The summed E-state index contributed by atoms with van der Waals surface area (Å²) in [4.78, 5) is 12.0. The molecule has 1 amide bonds. The number of nitrogens with zero attached hydrogens (tertiary/aromatic N) is 1. The number of amides is 1. The van der Waals surface area contributed by atoms with Crippen LogP contribution in [-0.2, 0) is 0 Å². The van der Waals surface area contributed by atoms with Crippen molar-refractivity contribution < 1.29 is 14.4 Å². The van der Waals surface area contributed by atoms with Crippen molar-refractivity contribution in [2.45, 2.75) is 0 Å². The summed E-state index contributed by atoms with van der Waals surface area (Å²) < 4.78 is 13.6. The van der Waals surface area contributed by atoms with E-state index in [9.17, 15) is 9.18 Å². The van der Waals surface area contributed by atoms with Crippen LogP contribution in [-0.4, -0.2) is 23.5 Å². The summed E-state index contributed by atoms with van der Waals surface area (Å²) in [5.41, 5.74) is 5.60. The Hall–Kier alpha value is -2.63. The Morgan fingerprint density at radius 1 is 1.26 bits per heavy atom. The van der Waals surface area contributed by atoms with E-state index >= 15 is 0 Å². The summed E-state index contributed by atoms with van der Waals surface area (Å²) in [7, 11) is 0. The lowest BCUT2D eigenvalue weighted by Crippen LogP contribution is -2.33. The van der Waals surface area contributed by atoms with E-state index in [1.54, 1.807) is 24.3 Å². The predicted octanol–water partition coefficient (Wildman–Crippen LogP) is 1.46. The van der Waals surface area contributed by atoms with Crippen molar-refractivity contribution in [2.75, 3.05) is 6.54 Å². The maximum atomic E-state index is 13.6. The smallest absolute Gasteiger partial charge is 0.252 e. The minimum atomic E-state index is -0.414. The minimum absolute atomic E-state index is 0.0823. The van der Waals surface area contributed by atoms with Crippen LogP contribution in [0.5, 0.6) is 0 Å². The molecule has 4 N–H and O–H groups in total. The molecule has 0 fully saturated rings. The van der Waals surface area contributed by atoms with Gasteiger partial charge in [-0.1, -0.05) is 29.4 Å². The molecule has 0 aliphatic rings. The Bertz CT molecular complexity index is 655. The third kappa shape index (κ3) is 2.62. The first-order valence-corrected chi connectivity index (χ1v) is 5.55. The normalized spacial score (nSPS) is 11.5. The van der Waals surface area contributed by atoms with Gasteiger partial charge in [0.2, 0.25) is 0 Å². The first-order valence-electron chi connectivity index (χ1n) is 5.55. The summed E-state index contributed by atoms with van der Waals surface area (Å²) >= 11 is 0. The molecule has 0 aliphatic heterocycles. The van der Waals surface area contributed by atoms with E-state index in [1.165, 1.54) is 12.1 Å². The number of hydrogen-bond acceptors (Lipinski definition) is 3. The molecule has 0 radical (unpaired) electrons. The molecule has 0 aliphatic carbocycles. The highest BCUT2D eigenvalue weighted by Crippen LogP contribution is 2.21. The van der Waals surface area contributed by atoms with E-state index in [0.717, 1.165) is 0 Å². The van der Waals surface area contributed by atoms with E-state index in [2.05, 4.69) is 10.5 Å². The number of carbonyl (C=O) groups excluding carboxylic acids is 1. The van der Waals surface area contributed by atoms with Crippen LogP contribution in [0.2, 0.25) is 0 Å². The number of oxime groups is 1. The van der Waals surface area contributed by atoms with Gasteiger partial charge in [-0.2, -0.15) is 0 Å². The molecule has 0 bridgehead atoms. The lowest BCUT2D eigenvalue weighted by Gasteiger charge is -2.08. The lowest BCUT2D eigenvalue weighted by molar-refractivity contribution is 0.0960. The average Bonchev–Trinajstić information content (AvgIpc) is 2.45. The minimum Gasteiger partial charge on any atom is -0.409 e. The highest BCUT2D eigenvalue weighted by Gasteiger charge is 2.12. The van der Waals surface area contributed by atoms with E-state index in [4.69, 9.17) is 10.9 Å². The Kier molecular flexibility index (Phi) is 3.61. The number of rotatable bonds is 3. The largest absolute Gasteiger partial charge is 0.409 e. The molecule has 0 saturated carbocycles. The van der Waals surface area contributed by atoms with Crippen molar-refractivity contribution in [3.05, 3.63) is 47.8 Å². The Balaban J connectivity index is 2.35. The molecule has 0 spiro atoms. The van der Waals surface area contributed by atoms with Crippen molar-refractivity contribution in [3.8, 4) is 0 Å².